The van der Waals surface area contributed by atoms with E-state index < -0.39 is 0 Å². The lowest BCUT2D eigenvalue weighted by Gasteiger charge is -2.13. The Morgan fingerprint density at radius 2 is 1.68 bits per heavy atom. The molecule has 0 aliphatic rings. The van der Waals surface area contributed by atoms with Crippen molar-refractivity contribution in [1.82, 2.24) is 0 Å². The number of anilines is 1. The van der Waals surface area contributed by atoms with Crippen molar-refractivity contribution < 1.29 is 14.3 Å². The van der Waals surface area contributed by atoms with Gasteiger partial charge in [0, 0.05) is 11.3 Å². The monoisotopic (exact) mass is 333 g/mol. The number of aryl methyl sites for hydroxylation is 2. The quantitative estimate of drug-likeness (QED) is 0.709. The molecule has 4 heteroatoms. The van der Waals surface area contributed by atoms with Crippen LogP contribution in [0, 0.1) is 13.8 Å². The second-order valence-corrected chi connectivity index (χ2v) is 6.00. The molecule has 0 unspecified atom stereocenters. The van der Waals surface area contributed by atoms with Crippen LogP contribution in [0.5, 0.6) is 5.75 Å². The van der Waals surface area contributed by atoms with Gasteiger partial charge >= 0.3 is 0 Å². The minimum Gasteiger partial charge on any atom is -0.483 e. The van der Waals surface area contributed by atoms with Gasteiger partial charge in [-0.25, -0.2) is 0 Å². The smallest absolute Gasteiger partial charge is 0.262 e. The second kappa shape index (κ2) is 7.18. The van der Waals surface area contributed by atoms with Crippen LogP contribution < -0.4 is 10.1 Å². The Morgan fingerprint density at radius 1 is 1.00 bits per heavy atom. The van der Waals surface area contributed by atoms with Gasteiger partial charge in [-0.15, -0.1) is 0 Å². The Hall–Kier alpha value is -3.14. The molecule has 0 radical (unpaired) electrons. The molecule has 0 aromatic heterocycles. The summed E-state index contributed by atoms with van der Waals surface area (Å²) < 4.78 is 5.66. The maximum atomic E-state index is 12.2. The molecule has 0 heterocycles. The molecule has 0 saturated heterocycles. The van der Waals surface area contributed by atoms with Gasteiger partial charge in [-0.2, -0.15) is 0 Å². The molecule has 0 aliphatic heterocycles. The number of nitrogens with one attached hydrogen (secondary N) is 1. The standard InChI is InChI=1S/C21H19NO3/c1-14-9-16(12-23)10-15(2)21(14)25-13-20(24)22-19-8-7-17-5-3-4-6-18(17)11-19/h3-12H,13H2,1-2H3,(H,22,24). The Kier molecular flexibility index (Phi) is 4.80. The molecule has 0 atom stereocenters. The minimum atomic E-state index is -0.228. The summed E-state index contributed by atoms with van der Waals surface area (Å²) in [5.74, 6) is 0.410. The minimum absolute atomic E-state index is 0.0884. The van der Waals surface area contributed by atoms with Gasteiger partial charge in [0.25, 0.3) is 5.91 Å². The van der Waals surface area contributed by atoms with Crippen LogP contribution in [0.15, 0.2) is 54.6 Å². The zero-order valence-corrected chi connectivity index (χ0v) is 14.2. The lowest BCUT2D eigenvalue weighted by Crippen LogP contribution is -2.20. The molecule has 0 fully saturated rings. The van der Waals surface area contributed by atoms with Crippen molar-refractivity contribution in [1.29, 1.82) is 0 Å². The van der Waals surface area contributed by atoms with Crippen molar-refractivity contribution in [3.63, 3.8) is 0 Å². The van der Waals surface area contributed by atoms with Crippen LogP contribution in [0.2, 0.25) is 0 Å². The molecular weight excluding hydrogens is 314 g/mol. The van der Waals surface area contributed by atoms with Gasteiger partial charge in [0.05, 0.1) is 0 Å². The van der Waals surface area contributed by atoms with Crippen molar-refractivity contribution >= 4 is 28.7 Å². The molecule has 25 heavy (non-hydrogen) atoms. The van der Waals surface area contributed by atoms with Gasteiger partial charge in [0.1, 0.15) is 12.0 Å². The average Bonchev–Trinajstić information content (AvgIpc) is 2.60. The number of benzene rings is 3. The van der Waals surface area contributed by atoms with E-state index in [-0.39, 0.29) is 12.5 Å². The fourth-order valence-corrected chi connectivity index (χ4v) is 2.88. The Labute approximate surface area is 146 Å². The van der Waals surface area contributed by atoms with Crippen LogP contribution in [0.25, 0.3) is 10.8 Å². The van der Waals surface area contributed by atoms with Crippen LogP contribution in [0.4, 0.5) is 5.69 Å². The van der Waals surface area contributed by atoms with E-state index in [0.717, 1.165) is 33.9 Å². The van der Waals surface area contributed by atoms with Crippen molar-refractivity contribution in [2.24, 2.45) is 0 Å². The van der Waals surface area contributed by atoms with E-state index in [1.165, 1.54) is 0 Å². The molecule has 3 aromatic carbocycles. The van der Waals surface area contributed by atoms with Gasteiger partial charge in [-0.3, -0.25) is 9.59 Å². The molecule has 0 saturated carbocycles. The highest BCUT2D eigenvalue weighted by Crippen LogP contribution is 2.24. The number of rotatable bonds is 5. The summed E-state index contributed by atoms with van der Waals surface area (Å²) in [6.07, 6.45) is 0.802. The van der Waals surface area contributed by atoms with Gasteiger partial charge in [0.15, 0.2) is 6.61 Å². The van der Waals surface area contributed by atoms with Crippen molar-refractivity contribution in [2.45, 2.75) is 13.8 Å². The van der Waals surface area contributed by atoms with Crippen LogP contribution in [-0.4, -0.2) is 18.8 Å². The first-order valence-corrected chi connectivity index (χ1v) is 8.04. The number of carbonyl (C=O) groups is 2. The predicted octanol–water partition coefficient (Wildman–Crippen LogP) is 4.29. The fourth-order valence-electron chi connectivity index (χ4n) is 2.88. The number of hydrogen-bond donors (Lipinski definition) is 1. The lowest BCUT2D eigenvalue weighted by molar-refractivity contribution is -0.118. The lowest BCUT2D eigenvalue weighted by atomic mass is 10.1. The van der Waals surface area contributed by atoms with Gasteiger partial charge in [-0.05, 0) is 60.0 Å². The van der Waals surface area contributed by atoms with E-state index in [1.807, 2.05) is 56.3 Å². The highest BCUT2D eigenvalue weighted by atomic mass is 16.5. The van der Waals surface area contributed by atoms with E-state index in [9.17, 15) is 9.59 Å². The maximum Gasteiger partial charge on any atom is 0.262 e. The first-order chi connectivity index (χ1) is 12.1. The Morgan fingerprint density at radius 3 is 2.36 bits per heavy atom. The average molecular weight is 333 g/mol. The summed E-state index contributed by atoms with van der Waals surface area (Å²) in [5, 5.41) is 5.04. The maximum absolute atomic E-state index is 12.2. The van der Waals surface area contributed by atoms with Crippen molar-refractivity contribution in [3.8, 4) is 5.75 Å². The number of ether oxygens (including phenoxy) is 1. The molecule has 0 bridgehead atoms. The molecule has 3 rings (SSSR count). The molecule has 1 amide bonds. The van der Waals surface area contributed by atoms with Crippen molar-refractivity contribution in [2.75, 3.05) is 11.9 Å². The highest BCUT2D eigenvalue weighted by Gasteiger charge is 2.09. The van der Waals surface area contributed by atoms with E-state index in [2.05, 4.69) is 5.32 Å². The van der Waals surface area contributed by atoms with Crippen LogP contribution >= 0.6 is 0 Å². The van der Waals surface area contributed by atoms with Crippen LogP contribution in [-0.2, 0) is 4.79 Å². The highest BCUT2D eigenvalue weighted by molar-refractivity contribution is 5.95. The first-order valence-electron chi connectivity index (χ1n) is 8.04. The zero-order valence-electron chi connectivity index (χ0n) is 14.2. The molecule has 0 spiro atoms. The van der Waals surface area contributed by atoms with E-state index in [0.29, 0.717) is 11.3 Å². The number of fused-ring (bicyclic) bond motifs is 1. The predicted molar refractivity (Wildman–Crippen MR) is 99.4 cm³/mol. The van der Waals surface area contributed by atoms with Crippen LogP contribution in [0.1, 0.15) is 21.5 Å². The number of hydrogen-bond acceptors (Lipinski definition) is 3. The molecule has 4 nitrogen and oxygen atoms in total. The summed E-state index contributed by atoms with van der Waals surface area (Å²) in [6, 6.07) is 17.2. The van der Waals surface area contributed by atoms with Gasteiger partial charge < -0.3 is 10.1 Å². The fraction of sp³-hybridized carbons (Fsp3) is 0.143. The normalized spacial score (nSPS) is 10.5. The summed E-state index contributed by atoms with van der Waals surface area (Å²) in [4.78, 5) is 23.1. The zero-order chi connectivity index (χ0) is 17.8. The first kappa shape index (κ1) is 16.7. The summed E-state index contributed by atoms with van der Waals surface area (Å²) in [5.41, 5.74) is 3.00. The van der Waals surface area contributed by atoms with Gasteiger partial charge in [0.2, 0.25) is 0 Å². The third-order valence-corrected chi connectivity index (χ3v) is 4.00. The third kappa shape index (κ3) is 3.86. The van der Waals surface area contributed by atoms with E-state index >= 15 is 0 Å². The summed E-state index contributed by atoms with van der Waals surface area (Å²) >= 11 is 0. The molecule has 0 aliphatic carbocycles. The molecular formula is C21H19NO3. The van der Waals surface area contributed by atoms with E-state index in [1.54, 1.807) is 12.1 Å². The van der Waals surface area contributed by atoms with Crippen molar-refractivity contribution in [3.05, 3.63) is 71.3 Å². The number of carbonyl (C=O) groups excluding carboxylic acids is 2. The third-order valence-electron chi connectivity index (χ3n) is 4.00. The summed E-state index contributed by atoms with van der Waals surface area (Å²) in [7, 11) is 0. The van der Waals surface area contributed by atoms with E-state index in [4.69, 9.17) is 4.74 Å². The Bertz CT molecular complexity index is 924. The molecule has 3 aromatic rings. The van der Waals surface area contributed by atoms with Gasteiger partial charge in [-0.1, -0.05) is 30.3 Å². The van der Waals surface area contributed by atoms with Crippen LogP contribution in [0.3, 0.4) is 0 Å². The largest absolute Gasteiger partial charge is 0.483 e. The second-order valence-electron chi connectivity index (χ2n) is 6.00. The molecule has 1 N–H and O–H groups in total. The topological polar surface area (TPSA) is 55.4 Å². The number of aldehydes is 1. The number of amides is 1. The SMILES string of the molecule is Cc1cc(C=O)cc(C)c1OCC(=O)Nc1ccc2ccccc2c1. The molecule has 126 valence electrons. The Balaban J connectivity index is 1.67. The summed E-state index contributed by atoms with van der Waals surface area (Å²) in [6.45, 7) is 3.63.